The van der Waals surface area contributed by atoms with E-state index >= 15 is 0 Å². The van der Waals surface area contributed by atoms with Gasteiger partial charge in [0, 0.05) is 13.5 Å². The number of carboxylic acids is 1. The number of likely N-dealkylation sites (tertiary alicyclic amines) is 1. The molecule has 1 fully saturated rings. The van der Waals surface area contributed by atoms with Crippen LogP contribution >= 0.6 is 0 Å². The number of hydrogen-bond acceptors (Lipinski definition) is 3. The molecule has 1 aliphatic rings. The Morgan fingerprint density at radius 3 is 2.41 bits per heavy atom. The van der Waals surface area contributed by atoms with Crippen molar-refractivity contribution >= 4 is 11.9 Å². The molecule has 1 amide bonds. The van der Waals surface area contributed by atoms with Gasteiger partial charge in [-0.1, -0.05) is 6.92 Å². The number of carbonyl (C=O) groups is 2. The first-order valence-electron chi connectivity index (χ1n) is 6.25. The van der Waals surface area contributed by atoms with Gasteiger partial charge in [0.25, 0.3) is 0 Å². The molecule has 0 aromatic heterocycles. The van der Waals surface area contributed by atoms with Crippen LogP contribution in [-0.2, 0) is 9.59 Å². The lowest BCUT2D eigenvalue weighted by Gasteiger charge is -2.35. The van der Waals surface area contributed by atoms with Crippen molar-refractivity contribution in [3.8, 4) is 0 Å². The largest absolute Gasteiger partial charge is 0.480 e. The Bertz CT molecular complexity index is 273. The van der Waals surface area contributed by atoms with Gasteiger partial charge in [0.05, 0.1) is 0 Å². The van der Waals surface area contributed by atoms with Crippen molar-refractivity contribution < 1.29 is 14.7 Å². The molecule has 2 N–H and O–H groups in total. The van der Waals surface area contributed by atoms with Crippen molar-refractivity contribution in [2.24, 2.45) is 5.92 Å². The van der Waals surface area contributed by atoms with Gasteiger partial charge in [-0.3, -0.25) is 14.5 Å². The zero-order valence-corrected chi connectivity index (χ0v) is 10.6. The van der Waals surface area contributed by atoms with Crippen molar-refractivity contribution in [3.05, 3.63) is 0 Å². The molecule has 17 heavy (non-hydrogen) atoms. The van der Waals surface area contributed by atoms with E-state index < -0.39 is 5.97 Å². The second-order valence-corrected chi connectivity index (χ2v) is 4.68. The first-order chi connectivity index (χ1) is 8.04. The van der Waals surface area contributed by atoms with Crippen LogP contribution in [0.4, 0.5) is 0 Å². The molecule has 1 rings (SSSR count). The molecule has 5 nitrogen and oxygen atoms in total. The fourth-order valence-electron chi connectivity index (χ4n) is 2.35. The summed E-state index contributed by atoms with van der Waals surface area (Å²) >= 11 is 0. The maximum atomic E-state index is 11.0. The lowest BCUT2D eigenvalue weighted by molar-refractivity contribution is -0.144. The summed E-state index contributed by atoms with van der Waals surface area (Å²) in [6, 6.07) is -0.350. The van der Waals surface area contributed by atoms with E-state index in [1.807, 2.05) is 11.8 Å². The summed E-state index contributed by atoms with van der Waals surface area (Å²) in [5, 5.41) is 11.9. The maximum absolute atomic E-state index is 11.0. The summed E-state index contributed by atoms with van der Waals surface area (Å²) in [7, 11) is 0. The van der Waals surface area contributed by atoms with E-state index in [2.05, 4.69) is 5.32 Å². The van der Waals surface area contributed by atoms with Gasteiger partial charge in [-0.25, -0.2) is 0 Å². The van der Waals surface area contributed by atoms with Gasteiger partial charge < -0.3 is 10.4 Å². The zero-order valence-electron chi connectivity index (χ0n) is 10.6. The van der Waals surface area contributed by atoms with Gasteiger partial charge in [-0.05, 0) is 38.3 Å². The molecule has 1 unspecified atom stereocenters. The van der Waals surface area contributed by atoms with Gasteiger partial charge in [-0.15, -0.1) is 0 Å². The first-order valence-corrected chi connectivity index (χ1v) is 6.25. The fourth-order valence-corrected chi connectivity index (χ4v) is 2.35. The van der Waals surface area contributed by atoms with Crippen molar-refractivity contribution in [1.29, 1.82) is 0 Å². The van der Waals surface area contributed by atoms with Crippen molar-refractivity contribution in [1.82, 2.24) is 10.2 Å². The monoisotopic (exact) mass is 242 g/mol. The molecule has 5 heteroatoms. The molecule has 0 aromatic rings. The number of carboxylic acid groups (broad SMARTS) is 1. The average molecular weight is 242 g/mol. The molecular weight excluding hydrogens is 220 g/mol. The number of amides is 1. The highest BCUT2D eigenvalue weighted by Gasteiger charge is 2.28. The Morgan fingerprint density at radius 1 is 1.41 bits per heavy atom. The fraction of sp³-hybridized carbons (Fsp3) is 0.833. The summed E-state index contributed by atoms with van der Waals surface area (Å²) in [6.45, 7) is 5.77. The smallest absolute Gasteiger partial charge is 0.320 e. The SMILES string of the molecule is CCC(C(=O)O)N1CCC(CNC(C)=O)CC1. The molecule has 0 saturated carbocycles. The van der Waals surface area contributed by atoms with E-state index in [4.69, 9.17) is 5.11 Å². The topological polar surface area (TPSA) is 69.6 Å². The van der Waals surface area contributed by atoms with Gasteiger partial charge in [0.1, 0.15) is 6.04 Å². The van der Waals surface area contributed by atoms with Crippen LogP contribution in [0.1, 0.15) is 33.1 Å². The highest BCUT2D eigenvalue weighted by atomic mass is 16.4. The summed E-state index contributed by atoms with van der Waals surface area (Å²) in [4.78, 5) is 23.9. The minimum Gasteiger partial charge on any atom is -0.480 e. The Morgan fingerprint density at radius 2 is 2.00 bits per heavy atom. The van der Waals surface area contributed by atoms with Crippen molar-refractivity contribution in [2.45, 2.75) is 39.2 Å². The van der Waals surface area contributed by atoms with E-state index in [0.29, 0.717) is 18.9 Å². The summed E-state index contributed by atoms with van der Waals surface area (Å²) in [5.74, 6) is -0.237. The highest BCUT2D eigenvalue weighted by Crippen LogP contribution is 2.19. The Balaban J connectivity index is 2.34. The third kappa shape index (κ3) is 4.34. The maximum Gasteiger partial charge on any atom is 0.320 e. The molecule has 0 spiro atoms. The number of carbonyl (C=O) groups excluding carboxylic acids is 1. The normalized spacial score (nSPS) is 19.9. The molecule has 1 atom stereocenters. The number of aliphatic carboxylic acids is 1. The molecule has 0 bridgehead atoms. The third-order valence-corrected chi connectivity index (χ3v) is 3.40. The van der Waals surface area contributed by atoms with Crippen LogP contribution in [0.2, 0.25) is 0 Å². The van der Waals surface area contributed by atoms with Crippen LogP contribution in [0.25, 0.3) is 0 Å². The Kier molecular flexibility index (Phi) is 5.41. The van der Waals surface area contributed by atoms with Crippen molar-refractivity contribution in [2.75, 3.05) is 19.6 Å². The minimum atomic E-state index is -0.729. The Labute approximate surface area is 102 Å². The van der Waals surface area contributed by atoms with Crippen LogP contribution in [0.5, 0.6) is 0 Å². The standard InChI is InChI=1S/C12H22N2O3/c1-3-11(12(16)17)14-6-4-10(5-7-14)8-13-9(2)15/h10-11H,3-8H2,1-2H3,(H,13,15)(H,16,17). The lowest BCUT2D eigenvalue weighted by Crippen LogP contribution is -2.46. The van der Waals surface area contributed by atoms with Crippen LogP contribution in [-0.4, -0.2) is 47.6 Å². The number of hydrogen-bond donors (Lipinski definition) is 2. The van der Waals surface area contributed by atoms with E-state index in [0.717, 1.165) is 25.9 Å². The summed E-state index contributed by atoms with van der Waals surface area (Å²) < 4.78 is 0. The number of rotatable bonds is 5. The summed E-state index contributed by atoms with van der Waals surface area (Å²) in [5.41, 5.74) is 0. The number of nitrogens with one attached hydrogen (secondary N) is 1. The highest BCUT2D eigenvalue weighted by molar-refractivity contribution is 5.73. The first kappa shape index (κ1) is 14.0. The van der Waals surface area contributed by atoms with Gasteiger partial charge in [0.15, 0.2) is 0 Å². The molecule has 1 aliphatic heterocycles. The van der Waals surface area contributed by atoms with E-state index in [-0.39, 0.29) is 11.9 Å². The molecule has 0 radical (unpaired) electrons. The van der Waals surface area contributed by atoms with E-state index in [9.17, 15) is 9.59 Å². The van der Waals surface area contributed by atoms with Gasteiger partial charge in [0.2, 0.25) is 5.91 Å². The predicted octanol–water partition coefficient (Wildman–Crippen LogP) is 0.698. The second-order valence-electron chi connectivity index (χ2n) is 4.68. The van der Waals surface area contributed by atoms with Crippen LogP contribution in [0.15, 0.2) is 0 Å². The van der Waals surface area contributed by atoms with Crippen LogP contribution < -0.4 is 5.32 Å². The average Bonchev–Trinajstić information content (AvgIpc) is 2.28. The summed E-state index contributed by atoms with van der Waals surface area (Å²) in [6.07, 6.45) is 2.57. The molecule has 0 aromatic carbocycles. The lowest BCUT2D eigenvalue weighted by atomic mass is 9.95. The second kappa shape index (κ2) is 6.59. The molecule has 1 saturated heterocycles. The minimum absolute atomic E-state index is 0.00407. The zero-order chi connectivity index (χ0) is 12.8. The number of piperidine rings is 1. The van der Waals surface area contributed by atoms with Crippen LogP contribution in [0.3, 0.4) is 0 Å². The van der Waals surface area contributed by atoms with Gasteiger partial charge in [-0.2, -0.15) is 0 Å². The molecule has 1 heterocycles. The number of nitrogens with zero attached hydrogens (tertiary/aromatic N) is 1. The van der Waals surface area contributed by atoms with E-state index in [1.54, 1.807) is 0 Å². The molecular formula is C12H22N2O3. The third-order valence-electron chi connectivity index (χ3n) is 3.40. The van der Waals surface area contributed by atoms with Crippen molar-refractivity contribution in [3.63, 3.8) is 0 Å². The van der Waals surface area contributed by atoms with Crippen LogP contribution in [0, 0.1) is 5.92 Å². The Hall–Kier alpha value is -1.10. The quantitative estimate of drug-likeness (QED) is 0.744. The molecule has 98 valence electrons. The van der Waals surface area contributed by atoms with E-state index in [1.165, 1.54) is 6.92 Å². The molecule has 0 aliphatic carbocycles. The van der Waals surface area contributed by atoms with Gasteiger partial charge >= 0.3 is 5.97 Å². The predicted molar refractivity (Wildman–Crippen MR) is 64.7 cm³/mol.